The number of morpholine rings is 1. The predicted octanol–water partition coefficient (Wildman–Crippen LogP) is 0.707. The zero-order valence-electron chi connectivity index (χ0n) is 10.9. The maximum Gasteiger partial charge on any atom is 0.142 e. The van der Waals surface area contributed by atoms with E-state index in [9.17, 15) is 0 Å². The van der Waals surface area contributed by atoms with Crippen LogP contribution in [0.25, 0.3) is 0 Å². The molecule has 100 valence electrons. The van der Waals surface area contributed by atoms with Crippen molar-refractivity contribution >= 4 is 11.4 Å². The Labute approximate surface area is 108 Å². The molecule has 0 atom stereocenters. The van der Waals surface area contributed by atoms with Crippen molar-refractivity contribution in [3.63, 3.8) is 0 Å². The maximum absolute atomic E-state index is 5.84. The van der Waals surface area contributed by atoms with Gasteiger partial charge in [-0.05, 0) is 18.2 Å². The number of likely N-dealkylation sites (N-methyl/N-ethyl adjacent to an activating group) is 1. The van der Waals surface area contributed by atoms with E-state index in [0.29, 0.717) is 23.7 Å². The first-order valence-electron chi connectivity index (χ1n) is 6.28. The zero-order valence-corrected chi connectivity index (χ0v) is 10.9. The van der Waals surface area contributed by atoms with Crippen LogP contribution in [0.4, 0.5) is 11.4 Å². The molecule has 0 bridgehead atoms. The summed E-state index contributed by atoms with van der Waals surface area (Å²) in [6, 6.07) is 5.35. The molecule has 0 radical (unpaired) electrons. The Morgan fingerprint density at radius 2 is 2.00 bits per heavy atom. The molecule has 2 rings (SSSR count). The highest BCUT2D eigenvalue weighted by Crippen LogP contribution is 2.23. The molecular formula is C13H22N3O2+. The summed E-state index contributed by atoms with van der Waals surface area (Å²) in [7, 11) is 2.23. The van der Waals surface area contributed by atoms with Gasteiger partial charge in [-0.2, -0.15) is 0 Å². The maximum atomic E-state index is 5.84. The molecule has 1 aromatic carbocycles. The first kappa shape index (κ1) is 13.0. The van der Waals surface area contributed by atoms with E-state index in [0.717, 1.165) is 37.3 Å². The third-order valence-electron chi connectivity index (χ3n) is 3.47. The van der Waals surface area contributed by atoms with Gasteiger partial charge in [-0.1, -0.05) is 0 Å². The van der Waals surface area contributed by atoms with Gasteiger partial charge in [0.05, 0.1) is 25.9 Å². The van der Waals surface area contributed by atoms with Crippen LogP contribution >= 0.6 is 0 Å². The number of quaternary nitrogens is 1. The number of hydrogen-bond donors (Lipinski definition) is 2. The highest BCUT2D eigenvalue weighted by Gasteiger charge is 2.24. The molecule has 0 unspecified atom stereocenters. The summed E-state index contributed by atoms with van der Waals surface area (Å²) in [6.45, 7) is 5.37. The van der Waals surface area contributed by atoms with E-state index in [1.807, 2.05) is 6.07 Å². The van der Waals surface area contributed by atoms with Gasteiger partial charge in [0.1, 0.15) is 32.0 Å². The molecule has 1 aliphatic rings. The van der Waals surface area contributed by atoms with E-state index in [1.165, 1.54) is 0 Å². The Balaban J connectivity index is 1.84. The molecule has 0 amide bonds. The number of nitrogen functional groups attached to an aromatic ring is 2. The van der Waals surface area contributed by atoms with Crippen LogP contribution in [0.1, 0.15) is 0 Å². The minimum atomic E-state index is 0.597. The van der Waals surface area contributed by atoms with E-state index < -0.39 is 0 Å². The first-order chi connectivity index (χ1) is 8.59. The van der Waals surface area contributed by atoms with Crippen LogP contribution in [-0.4, -0.2) is 51.0 Å². The standard InChI is InChI=1S/C13H22N3O2/c1-16(4-7-17-8-5-16)6-9-18-13-3-2-11(14)10-12(13)15/h2-3,10H,4-9,14-15H2,1H3/q+1. The van der Waals surface area contributed by atoms with Crippen LogP contribution in [0.3, 0.4) is 0 Å². The quantitative estimate of drug-likeness (QED) is 0.611. The van der Waals surface area contributed by atoms with E-state index in [4.69, 9.17) is 20.9 Å². The van der Waals surface area contributed by atoms with Gasteiger partial charge in [-0.15, -0.1) is 0 Å². The molecule has 1 aromatic rings. The summed E-state index contributed by atoms with van der Waals surface area (Å²) < 4.78 is 12.1. The summed E-state index contributed by atoms with van der Waals surface area (Å²) in [5, 5.41) is 0. The molecule has 1 fully saturated rings. The molecule has 1 saturated heterocycles. The summed E-state index contributed by atoms with van der Waals surface area (Å²) in [5.74, 6) is 0.712. The van der Waals surface area contributed by atoms with Crippen molar-refractivity contribution in [1.29, 1.82) is 0 Å². The van der Waals surface area contributed by atoms with E-state index in [1.54, 1.807) is 12.1 Å². The normalized spacial score (nSPS) is 18.5. The Morgan fingerprint density at radius 3 is 2.67 bits per heavy atom. The molecule has 18 heavy (non-hydrogen) atoms. The molecule has 4 N–H and O–H groups in total. The van der Waals surface area contributed by atoms with Crippen LogP contribution < -0.4 is 16.2 Å². The zero-order chi connectivity index (χ0) is 13.0. The summed E-state index contributed by atoms with van der Waals surface area (Å²) in [6.07, 6.45) is 0. The van der Waals surface area contributed by atoms with Crippen molar-refractivity contribution in [1.82, 2.24) is 0 Å². The summed E-state index contributed by atoms with van der Waals surface area (Å²) >= 11 is 0. The van der Waals surface area contributed by atoms with E-state index in [-0.39, 0.29) is 0 Å². The van der Waals surface area contributed by atoms with Crippen LogP contribution in [-0.2, 0) is 4.74 Å². The number of rotatable bonds is 4. The molecule has 1 aliphatic heterocycles. The molecule has 0 spiro atoms. The Morgan fingerprint density at radius 1 is 1.28 bits per heavy atom. The molecule has 1 heterocycles. The molecule has 5 nitrogen and oxygen atoms in total. The second-order valence-electron chi connectivity index (χ2n) is 5.05. The largest absolute Gasteiger partial charge is 0.486 e. The van der Waals surface area contributed by atoms with Gasteiger partial charge in [0.25, 0.3) is 0 Å². The van der Waals surface area contributed by atoms with Gasteiger partial charge >= 0.3 is 0 Å². The predicted molar refractivity (Wildman–Crippen MR) is 72.4 cm³/mol. The second kappa shape index (κ2) is 5.46. The third kappa shape index (κ3) is 3.27. The highest BCUT2D eigenvalue weighted by atomic mass is 16.5. The molecule has 0 saturated carbocycles. The Bertz CT molecular complexity index is 403. The monoisotopic (exact) mass is 252 g/mol. The van der Waals surface area contributed by atoms with Gasteiger partial charge in [0.15, 0.2) is 0 Å². The van der Waals surface area contributed by atoms with Crippen molar-refractivity contribution in [2.24, 2.45) is 0 Å². The highest BCUT2D eigenvalue weighted by molar-refractivity contribution is 5.60. The molecule has 0 aliphatic carbocycles. The lowest BCUT2D eigenvalue weighted by atomic mass is 10.2. The smallest absolute Gasteiger partial charge is 0.142 e. The summed E-state index contributed by atoms with van der Waals surface area (Å²) in [4.78, 5) is 0. The average Bonchev–Trinajstić information content (AvgIpc) is 2.33. The van der Waals surface area contributed by atoms with Crippen LogP contribution in [0.2, 0.25) is 0 Å². The van der Waals surface area contributed by atoms with Crippen LogP contribution in [0.5, 0.6) is 5.75 Å². The fraction of sp³-hybridized carbons (Fsp3) is 0.538. The number of nitrogens with two attached hydrogens (primary N) is 2. The third-order valence-corrected chi connectivity index (χ3v) is 3.47. The summed E-state index contributed by atoms with van der Waals surface area (Å²) in [5.41, 5.74) is 12.7. The lowest BCUT2D eigenvalue weighted by Gasteiger charge is -2.37. The Kier molecular flexibility index (Phi) is 3.93. The average molecular weight is 252 g/mol. The lowest BCUT2D eigenvalue weighted by Crippen LogP contribution is -2.53. The topological polar surface area (TPSA) is 70.5 Å². The van der Waals surface area contributed by atoms with Gasteiger partial charge in [0, 0.05) is 5.69 Å². The minimum absolute atomic E-state index is 0.597. The first-order valence-corrected chi connectivity index (χ1v) is 6.28. The van der Waals surface area contributed by atoms with Crippen molar-refractivity contribution in [2.45, 2.75) is 0 Å². The molecular weight excluding hydrogens is 230 g/mol. The fourth-order valence-electron chi connectivity index (χ4n) is 2.08. The number of benzene rings is 1. The number of ether oxygens (including phenoxy) is 2. The van der Waals surface area contributed by atoms with Gasteiger partial charge in [-0.25, -0.2) is 0 Å². The van der Waals surface area contributed by atoms with Crippen molar-refractivity contribution in [2.75, 3.05) is 58.0 Å². The van der Waals surface area contributed by atoms with Crippen LogP contribution in [0.15, 0.2) is 18.2 Å². The van der Waals surface area contributed by atoms with Gasteiger partial charge < -0.3 is 25.4 Å². The number of hydrogen-bond acceptors (Lipinski definition) is 4. The minimum Gasteiger partial charge on any atom is -0.486 e. The van der Waals surface area contributed by atoms with Gasteiger partial charge in [-0.3, -0.25) is 0 Å². The number of anilines is 2. The Hall–Kier alpha value is -1.46. The van der Waals surface area contributed by atoms with Crippen molar-refractivity contribution < 1.29 is 14.0 Å². The fourth-order valence-corrected chi connectivity index (χ4v) is 2.08. The van der Waals surface area contributed by atoms with Crippen LogP contribution in [0, 0.1) is 0 Å². The van der Waals surface area contributed by atoms with Gasteiger partial charge in [0.2, 0.25) is 0 Å². The molecule has 5 heteroatoms. The van der Waals surface area contributed by atoms with Crippen molar-refractivity contribution in [3.05, 3.63) is 18.2 Å². The van der Waals surface area contributed by atoms with Crippen molar-refractivity contribution in [3.8, 4) is 5.75 Å². The van der Waals surface area contributed by atoms with E-state index >= 15 is 0 Å². The molecule has 0 aromatic heterocycles. The lowest BCUT2D eigenvalue weighted by molar-refractivity contribution is -0.916. The SMILES string of the molecule is C[N+]1(CCOc2ccc(N)cc2N)CCOCC1. The van der Waals surface area contributed by atoms with E-state index in [2.05, 4.69) is 7.05 Å². The second-order valence-corrected chi connectivity index (χ2v) is 5.05. The number of nitrogens with zero attached hydrogens (tertiary/aromatic N) is 1.